The van der Waals surface area contributed by atoms with E-state index in [2.05, 4.69) is 0 Å². The van der Waals surface area contributed by atoms with Crippen LogP contribution in [0.5, 0.6) is 11.5 Å². The van der Waals surface area contributed by atoms with E-state index in [4.69, 9.17) is 20.2 Å². The van der Waals surface area contributed by atoms with Crippen LogP contribution in [-0.2, 0) is 0 Å². The number of nitrogens with zero attached hydrogens (tertiary/aromatic N) is 1. The molecule has 112 valence electrons. The van der Waals surface area contributed by atoms with Gasteiger partial charge in [-0.2, -0.15) is 0 Å². The van der Waals surface area contributed by atoms with E-state index in [1.807, 2.05) is 49.4 Å². The zero-order valence-corrected chi connectivity index (χ0v) is 12.9. The van der Waals surface area contributed by atoms with Gasteiger partial charge < -0.3 is 15.2 Å². The van der Waals surface area contributed by atoms with Crippen LogP contribution < -0.4 is 15.2 Å². The van der Waals surface area contributed by atoms with Crippen molar-refractivity contribution < 1.29 is 9.47 Å². The molecule has 2 N–H and O–H groups in total. The van der Waals surface area contributed by atoms with Gasteiger partial charge in [-0.15, -0.1) is 0 Å². The first-order valence-corrected chi connectivity index (χ1v) is 7.01. The fourth-order valence-electron chi connectivity index (χ4n) is 2.59. The maximum atomic E-state index is 5.87. The lowest BCUT2D eigenvalue weighted by Gasteiger charge is -2.12. The average Bonchev–Trinajstić information content (AvgIpc) is 2.53. The highest BCUT2D eigenvalue weighted by atomic mass is 16.5. The van der Waals surface area contributed by atoms with Gasteiger partial charge in [0, 0.05) is 22.3 Å². The molecule has 0 aliphatic carbocycles. The molecular formula is C18H18N2O2. The second-order valence-corrected chi connectivity index (χ2v) is 5.15. The summed E-state index contributed by atoms with van der Waals surface area (Å²) in [5.74, 6) is 1.41. The molecule has 0 amide bonds. The van der Waals surface area contributed by atoms with E-state index in [0.717, 1.165) is 33.4 Å². The number of anilines is 1. The number of aromatic nitrogens is 1. The Morgan fingerprint density at radius 2 is 1.68 bits per heavy atom. The first-order valence-electron chi connectivity index (χ1n) is 7.01. The summed E-state index contributed by atoms with van der Waals surface area (Å²) in [7, 11) is 3.27. The summed E-state index contributed by atoms with van der Waals surface area (Å²) < 4.78 is 10.7. The first kappa shape index (κ1) is 14.2. The van der Waals surface area contributed by atoms with Crippen molar-refractivity contribution in [3.8, 4) is 22.8 Å². The summed E-state index contributed by atoms with van der Waals surface area (Å²) in [5, 5.41) is 2.10. The SMILES string of the molecule is COc1cc2cc(-c3cccc(N)c3)nc(C)c2cc1OC. The monoisotopic (exact) mass is 294 g/mol. The van der Waals surface area contributed by atoms with E-state index in [1.54, 1.807) is 14.2 Å². The zero-order valence-electron chi connectivity index (χ0n) is 12.9. The normalized spacial score (nSPS) is 10.7. The lowest BCUT2D eigenvalue weighted by Crippen LogP contribution is -1.94. The Bertz CT molecular complexity index is 844. The Balaban J connectivity index is 2.23. The third-order valence-electron chi connectivity index (χ3n) is 3.71. The van der Waals surface area contributed by atoms with Crippen molar-refractivity contribution in [1.82, 2.24) is 4.98 Å². The molecule has 0 atom stereocenters. The van der Waals surface area contributed by atoms with Crippen molar-refractivity contribution in [2.75, 3.05) is 20.0 Å². The molecule has 3 aromatic rings. The molecule has 22 heavy (non-hydrogen) atoms. The molecule has 3 rings (SSSR count). The number of benzene rings is 2. The molecule has 0 aliphatic heterocycles. The number of nitrogens with two attached hydrogens (primary N) is 1. The Labute approximate surface area is 129 Å². The van der Waals surface area contributed by atoms with Crippen LogP contribution in [0.25, 0.3) is 22.0 Å². The zero-order chi connectivity index (χ0) is 15.7. The van der Waals surface area contributed by atoms with Gasteiger partial charge in [0.25, 0.3) is 0 Å². The largest absolute Gasteiger partial charge is 0.493 e. The molecule has 0 bridgehead atoms. The van der Waals surface area contributed by atoms with E-state index >= 15 is 0 Å². The standard InChI is InChI=1S/C18H18N2O2/c1-11-15-10-18(22-3)17(21-2)9-13(15)8-16(20-11)12-5-4-6-14(19)7-12/h4-10H,19H2,1-3H3. The van der Waals surface area contributed by atoms with Gasteiger partial charge in [-0.3, -0.25) is 4.98 Å². The number of methoxy groups -OCH3 is 2. The van der Waals surface area contributed by atoms with Crippen LogP contribution in [0.2, 0.25) is 0 Å². The molecule has 0 saturated heterocycles. The Kier molecular flexibility index (Phi) is 3.59. The predicted octanol–water partition coefficient (Wildman–Crippen LogP) is 3.81. The topological polar surface area (TPSA) is 57.4 Å². The molecule has 0 spiro atoms. The molecule has 0 aliphatic rings. The summed E-state index contributed by atoms with van der Waals surface area (Å²) in [6.45, 7) is 1.99. The second-order valence-electron chi connectivity index (χ2n) is 5.15. The number of ether oxygens (including phenoxy) is 2. The van der Waals surface area contributed by atoms with Gasteiger partial charge >= 0.3 is 0 Å². The van der Waals surface area contributed by atoms with Crippen molar-refractivity contribution >= 4 is 16.5 Å². The Hall–Kier alpha value is -2.75. The summed E-state index contributed by atoms with van der Waals surface area (Å²) in [5.41, 5.74) is 9.43. The average molecular weight is 294 g/mol. The molecule has 4 nitrogen and oxygen atoms in total. The third kappa shape index (κ3) is 2.44. The maximum absolute atomic E-state index is 5.87. The highest BCUT2D eigenvalue weighted by Crippen LogP contribution is 2.34. The van der Waals surface area contributed by atoms with Gasteiger partial charge in [-0.25, -0.2) is 0 Å². The van der Waals surface area contributed by atoms with Crippen LogP contribution >= 0.6 is 0 Å². The van der Waals surface area contributed by atoms with Crippen molar-refractivity contribution in [1.29, 1.82) is 0 Å². The number of fused-ring (bicyclic) bond motifs is 1. The fraction of sp³-hybridized carbons (Fsp3) is 0.167. The molecule has 1 aromatic heterocycles. The molecule has 1 heterocycles. The number of aryl methyl sites for hydroxylation is 1. The second kappa shape index (κ2) is 5.56. The van der Waals surface area contributed by atoms with E-state index in [1.165, 1.54) is 0 Å². The minimum absolute atomic E-state index is 0.705. The van der Waals surface area contributed by atoms with Crippen LogP contribution in [0.15, 0.2) is 42.5 Å². The highest BCUT2D eigenvalue weighted by molar-refractivity contribution is 5.90. The number of rotatable bonds is 3. The quantitative estimate of drug-likeness (QED) is 0.746. The summed E-state index contributed by atoms with van der Waals surface area (Å²) >= 11 is 0. The van der Waals surface area contributed by atoms with Gasteiger partial charge in [-0.1, -0.05) is 12.1 Å². The van der Waals surface area contributed by atoms with Gasteiger partial charge in [0.1, 0.15) is 0 Å². The molecule has 0 radical (unpaired) electrons. The smallest absolute Gasteiger partial charge is 0.161 e. The Morgan fingerprint density at radius 3 is 2.36 bits per heavy atom. The molecule has 2 aromatic carbocycles. The van der Waals surface area contributed by atoms with E-state index in [-0.39, 0.29) is 0 Å². The number of hydrogen-bond acceptors (Lipinski definition) is 4. The van der Waals surface area contributed by atoms with Gasteiger partial charge in [0.05, 0.1) is 19.9 Å². The van der Waals surface area contributed by atoms with Crippen LogP contribution in [0.1, 0.15) is 5.69 Å². The first-order chi connectivity index (χ1) is 10.6. The third-order valence-corrected chi connectivity index (χ3v) is 3.71. The summed E-state index contributed by atoms with van der Waals surface area (Å²) in [6, 6.07) is 13.7. The molecular weight excluding hydrogens is 276 g/mol. The molecule has 0 fully saturated rings. The van der Waals surface area contributed by atoms with Gasteiger partial charge in [-0.05, 0) is 42.6 Å². The lowest BCUT2D eigenvalue weighted by molar-refractivity contribution is 0.356. The molecule has 0 saturated carbocycles. The summed E-state index contributed by atoms with van der Waals surface area (Å²) in [6.07, 6.45) is 0. The van der Waals surface area contributed by atoms with Crippen molar-refractivity contribution in [2.24, 2.45) is 0 Å². The minimum atomic E-state index is 0.705. The van der Waals surface area contributed by atoms with Crippen molar-refractivity contribution in [3.63, 3.8) is 0 Å². The lowest BCUT2D eigenvalue weighted by atomic mass is 10.0. The molecule has 4 heteroatoms. The number of nitrogen functional groups attached to an aromatic ring is 1. The Morgan fingerprint density at radius 1 is 0.955 bits per heavy atom. The maximum Gasteiger partial charge on any atom is 0.161 e. The minimum Gasteiger partial charge on any atom is -0.493 e. The fourth-order valence-corrected chi connectivity index (χ4v) is 2.59. The number of hydrogen-bond donors (Lipinski definition) is 1. The van der Waals surface area contributed by atoms with Crippen LogP contribution in [-0.4, -0.2) is 19.2 Å². The van der Waals surface area contributed by atoms with Crippen molar-refractivity contribution in [2.45, 2.75) is 6.92 Å². The van der Waals surface area contributed by atoms with Crippen LogP contribution in [0.3, 0.4) is 0 Å². The van der Waals surface area contributed by atoms with E-state index in [9.17, 15) is 0 Å². The summed E-state index contributed by atoms with van der Waals surface area (Å²) in [4.78, 5) is 4.69. The highest BCUT2D eigenvalue weighted by Gasteiger charge is 2.10. The predicted molar refractivity (Wildman–Crippen MR) is 89.4 cm³/mol. The van der Waals surface area contributed by atoms with Gasteiger partial charge in [0.15, 0.2) is 11.5 Å². The van der Waals surface area contributed by atoms with Crippen LogP contribution in [0.4, 0.5) is 5.69 Å². The van der Waals surface area contributed by atoms with E-state index < -0.39 is 0 Å². The van der Waals surface area contributed by atoms with Crippen LogP contribution in [0, 0.1) is 6.92 Å². The van der Waals surface area contributed by atoms with Crippen molar-refractivity contribution in [3.05, 3.63) is 48.2 Å². The van der Waals surface area contributed by atoms with E-state index in [0.29, 0.717) is 11.5 Å². The van der Waals surface area contributed by atoms with Gasteiger partial charge in [0.2, 0.25) is 0 Å². The number of pyridine rings is 1. The molecule has 0 unspecified atom stereocenters.